The van der Waals surface area contributed by atoms with Crippen LogP contribution in [-0.4, -0.2) is 77.2 Å². The number of carbonyl (C=O) groups excluding carboxylic acids is 1. The van der Waals surface area contributed by atoms with Crippen LogP contribution in [0, 0.1) is 6.92 Å². The lowest BCUT2D eigenvalue weighted by atomic mass is 10.2. The number of methoxy groups -OCH3 is 1. The lowest BCUT2D eigenvalue weighted by molar-refractivity contribution is 0.0740. The van der Waals surface area contributed by atoms with Crippen LogP contribution >= 0.6 is 0 Å². The van der Waals surface area contributed by atoms with Crippen molar-refractivity contribution in [2.24, 2.45) is 0 Å². The molecule has 138 valence electrons. The Hall–Kier alpha value is -2.81. The molecule has 0 bridgehead atoms. The monoisotopic (exact) mass is 357 g/mol. The molecule has 26 heavy (non-hydrogen) atoms. The van der Waals surface area contributed by atoms with Gasteiger partial charge in [-0.2, -0.15) is 0 Å². The van der Waals surface area contributed by atoms with Crippen LogP contribution in [0.2, 0.25) is 0 Å². The second-order valence-electron chi connectivity index (χ2n) is 5.97. The van der Waals surface area contributed by atoms with Crippen molar-refractivity contribution in [2.75, 3.05) is 56.7 Å². The fraction of sp³-hybridized carbons (Fsp3) is 0.471. The number of piperazine rings is 1. The summed E-state index contributed by atoms with van der Waals surface area (Å²) in [6, 6.07) is 3.51. The zero-order valence-corrected chi connectivity index (χ0v) is 15.1. The molecular weight excluding hydrogens is 334 g/mol. The molecule has 2 aromatic heterocycles. The molecule has 1 aliphatic rings. The zero-order valence-electron chi connectivity index (χ0n) is 15.1. The number of aryl methyl sites for hydroxylation is 1. The number of nitrogens with one attached hydrogen (secondary N) is 1. The van der Waals surface area contributed by atoms with Crippen molar-refractivity contribution in [3.63, 3.8) is 0 Å². The molecule has 0 atom stereocenters. The van der Waals surface area contributed by atoms with E-state index in [1.165, 1.54) is 0 Å². The van der Waals surface area contributed by atoms with E-state index in [-0.39, 0.29) is 5.91 Å². The lowest BCUT2D eigenvalue weighted by Gasteiger charge is -2.34. The molecule has 1 saturated heterocycles. The predicted molar refractivity (Wildman–Crippen MR) is 97.3 cm³/mol. The summed E-state index contributed by atoms with van der Waals surface area (Å²) in [5.74, 6) is 1.06. The van der Waals surface area contributed by atoms with Crippen molar-refractivity contribution >= 4 is 17.8 Å². The van der Waals surface area contributed by atoms with E-state index in [4.69, 9.17) is 4.74 Å². The maximum absolute atomic E-state index is 12.8. The number of amides is 1. The maximum Gasteiger partial charge on any atom is 0.272 e. The number of hydrogen-bond acceptors (Lipinski definition) is 8. The van der Waals surface area contributed by atoms with Gasteiger partial charge in [0.25, 0.3) is 5.91 Å². The molecule has 9 heteroatoms. The number of hydrogen-bond donors (Lipinski definition) is 1. The first-order valence-electron chi connectivity index (χ1n) is 8.57. The molecular formula is C17H23N7O2. The van der Waals surface area contributed by atoms with Gasteiger partial charge >= 0.3 is 0 Å². The first-order chi connectivity index (χ1) is 12.7. The van der Waals surface area contributed by atoms with Crippen LogP contribution in [0.4, 0.5) is 11.9 Å². The van der Waals surface area contributed by atoms with Crippen molar-refractivity contribution in [2.45, 2.75) is 6.92 Å². The highest BCUT2D eigenvalue weighted by molar-refractivity contribution is 5.92. The summed E-state index contributed by atoms with van der Waals surface area (Å²) in [5.41, 5.74) is 1.15. The summed E-state index contributed by atoms with van der Waals surface area (Å²) < 4.78 is 5.01. The Kier molecular flexibility index (Phi) is 5.90. The Morgan fingerprint density at radius 1 is 1.19 bits per heavy atom. The SMILES string of the molecule is COCCNc1nc(C)cc(C(=O)N2CCN(c3ncccn3)CC2)n1. The van der Waals surface area contributed by atoms with Gasteiger partial charge in [-0.25, -0.2) is 19.9 Å². The van der Waals surface area contributed by atoms with Gasteiger partial charge in [0.2, 0.25) is 11.9 Å². The van der Waals surface area contributed by atoms with Crippen molar-refractivity contribution in [3.05, 3.63) is 35.9 Å². The molecule has 3 heterocycles. The van der Waals surface area contributed by atoms with Crippen molar-refractivity contribution in [3.8, 4) is 0 Å². The van der Waals surface area contributed by atoms with E-state index >= 15 is 0 Å². The molecule has 1 fully saturated rings. The third kappa shape index (κ3) is 4.42. The molecule has 0 aromatic carbocycles. The largest absolute Gasteiger partial charge is 0.383 e. The minimum atomic E-state index is -0.0843. The third-order valence-corrected chi connectivity index (χ3v) is 4.06. The van der Waals surface area contributed by atoms with Gasteiger partial charge in [-0.3, -0.25) is 4.79 Å². The highest BCUT2D eigenvalue weighted by atomic mass is 16.5. The molecule has 0 radical (unpaired) electrons. The number of aromatic nitrogens is 4. The highest BCUT2D eigenvalue weighted by Crippen LogP contribution is 2.13. The molecule has 2 aromatic rings. The molecule has 1 aliphatic heterocycles. The first kappa shape index (κ1) is 18.0. The smallest absolute Gasteiger partial charge is 0.272 e. The van der Waals surface area contributed by atoms with Gasteiger partial charge in [-0.05, 0) is 19.1 Å². The van der Waals surface area contributed by atoms with Crippen LogP contribution in [0.5, 0.6) is 0 Å². The van der Waals surface area contributed by atoms with E-state index in [2.05, 4.69) is 30.2 Å². The summed E-state index contributed by atoms with van der Waals surface area (Å²) in [4.78, 5) is 33.9. The van der Waals surface area contributed by atoms with E-state index in [0.29, 0.717) is 56.9 Å². The maximum atomic E-state index is 12.8. The number of carbonyl (C=O) groups is 1. The summed E-state index contributed by atoms with van der Waals surface area (Å²) in [6.07, 6.45) is 3.45. The summed E-state index contributed by atoms with van der Waals surface area (Å²) in [5, 5.41) is 3.07. The Balaban J connectivity index is 1.63. The van der Waals surface area contributed by atoms with Crippen LogP contribution in [0.25, 0.3) is 0 Å². The van der Waals surface area contributed by atoms with E-state index in [0.717, 1.165) is 5.69 Å². The standard InChI is InChI=1S/C17H23N7O2/c1-13-12-14(22-16(21-13)18-6-11-26-2)15(25)23-7-9-24(10-8-23)17-19-4-3-5-20-17/h3-5,12H,6-11H2,1-2H3,(H,18,21,22). The van der Waals surface area contributed by atoms with Crippen LogP contribution < -0.4 is 10.2 Å². The summed E-state index contributed by atoms with van der Waals surface area (Å²) >= 11 is 0. The topological polar surface area (TPSA) is 96.4 Å². The van der Waals surface area contributed by atoms with Gasteiger partial charge in [0.05, 0.1) is 6.61 Å². The van der Waals surface area contributed by atoms with Crippen LogP contribution in [0.3, 0.4) is 0 Å². The number of rotatable bonds is 6. The summed E-state index contributed by atoms with van der Waals surface area (Å²) in [7, 11) is 1.63. The van der Waals surface area contributed by atoms with E-state index in [1.54, 1.807) is 36.5 Å². The number of ether oxygens (including phenoxy) is 1. The average Bonchev–Trinajstić information content (AvgIpc) is 2.68. The highest BCUT2D eigenvalue weighted by Gasteiger charge is 2.24. The number of anilines is 2. The molecule has 0 saturated carbocycles. The van der Waals surface area contributed by atoms with Crippen molar-refractivity contribution < 1.29 is 9.53 Å². The first-order valence-corrected chi connectivity index (χ1v) is 8.57. The Labute approximate surface area is 152 Å². The minimum absolute atomic E-state index is 0.0843. The van der Waals surface area contributed by atoms with E-state index in [9.17, 15) is 4.79 Å². The number of nitrogens with zero attached hydrogens (tertiary/aromatic N) is 6. The van der Waals surface area contributed by atoms with Crippen molar-refractivity contribution in [1.29, 1.82) is 0 Å². The van der Waals surface area contributed by atoms with Crippen LogP contribution in [-0.2, 0) is 4.74 Å². The molecule has 0 spiro atoms. The lowest BCUT2D eigenvalue weighted by Crippen LogP contribution is -2.49. The van der Waals surface area contributed by atoms with Crippen LogP contribution in [0.15, 0.2) is 24.5 Å². The predicted octanol–water partition coefficient (Wildman–Crippen LogP) is 0.596. The minimum Gasteiger partial charge on any atom is -0.383 e. The van der Waals surface area contributed by atoms with Crippen molar-refractivity contribution in [1.82, 2.24) is 24.8 Å². The molecule has 0 unspecified atom stereocenters. The summed E-state index contributed by atoms with van der Waals surface area (Å²) in [6.45, 7) is 5.58. The molecule has 0 aliphatic carbocycles. The Morgan fingerprint density at radius 2 is 1.92 bits per heavy atom. The zero-order chi connectivity index (χ0) is 18.4. The fourth-order valence-electron chi connectivity index (χ4n) is 2.75. The van der Waals surface area contributed by atoms with Crippen LogP contribution in [0.1, 0.15) is 16.2 Å². The second-order valence-corrected chi connectivity index (χ2v) is 5.97. The fourth-order valence-corrected chi connectivity index (χ4v) is 2.75. The third-order valence-electron chi connectivity index (χ3n) is 4.06. The van der Waals surface area contributed by atoms with Gasteiger partial charge < -0.3 is 19.9 Å². The average molecular weight is 357 g/mol. The molecule has 1 N–H and O–H groups in total. The van der Waals surface area contributed by atoms with E-state index in [1.807, 2.05) is 6.92 Å². The van der Waals surface area contributed by atoms with Gasteiger partial charge in [0, 0.05) is 57.9 Å². The molecule has 1 amide bonds. The van der Waals surface area contributed by atoms with Gasteiger partial charge in [0.1, 0.15) is 5.69 Å². The molecule has 3 rings (SSSR count). The van der Waals surface area contributed by atoms with E-state index < -0.39 is 0 Å². The Morgan fingerprint density at radius 3 is 2.62 bits per heavy atom. The Bertz CT molecular complexity index is 733. The molecule has 9 nitrogen and oxygen atoms in total. The normalized spacial score (nSPS) is 14.4. The van der Waals surface area contributed by atoms with Gasteiger partial charge in [-0.1, -0.05) is 0 Å². The quantitative estimate of drug-likeness (QED) is 0.751. The van der Waals surface area contributed by atoms with Gasteiger partial charge in [0.15, 0.2) is 0 Å². The second kappa shape index (κ2) is 8.52. The van der Waals surface area contributed by atoms with Gasteiger partial charge in [-0.15, -0.1) is 0 Å².